The number of esters is 1. The summed E-state index contributed by atoms with van der Waals surface area (Å²) in [5.41, 5.74) is 1.22. The lowest BCUT2D eigenvalue weighted by atomic mass is 10.2. The SMILES string of the molecule is CC(C)C(=O)OCCN(CCC#N)c1ccc(N=Nc2c(Cl)cc([N+](=O)[O-])cc2Cl)cc1. The molecule has 0 aliphatic rings. The summed E-state index contributed by atoms with van der Waals surface area (Å²) in [7, 11) is 0. The topological polar surface area (TPSA) is 121 Å². The third-order valence-electron chi connectivity index (χ3n) is 4.26. The van der Waals surface area contributed by atoms with Crippen LogP contribution in [-0.2, 0) is 9.53 Å². The summed E-state index contributed by atoms with van der Waals surface area (Å²) in [6.45, 7) is 4.65. The number of nitro benzene ring substituents is 1. The van der Waals surface area contributed by atoms with Crippen LogP contribution in [0.5, 0.6) is 0 Å². The lowest BCUT2D eigenvalue weighted by molar-refractivity contribution is -0.384. The molecule has 0 saturated heterocycles. The lowest BCUT2D eigenvalue weighted by Gasteiger charge is -2.24. The molecule has 0 saturated carbocycles. The molecule has 2 rings (SSSR count). The molecule has 11 heteroatoms. The minimum Gasteiger partial charge on any atom is -0.464 e. The average molecular weight is 478 g/mol. The van der Waals surface area contributed by atoms with Crippen molar-refractivity contribution in [1.82, 2.24) is 0 Å². The van der Waals surface area contributed by atoms with Crippen molar-refractivity contribution in [3.63, 3.8) is 0 Å². The number of anilines is 1. The zero-order valence-corrected chi connectivity index (χ0v) is 19.0. The molecule has 2 aromatic carbocycles. The Kier molecular flexibility index (Phi) is 9.38. The first-order chi connectivity index (χ1) is 15.2. The van der Waals surface area contributed by atoms with Crippen molar-refractivity contribution < 1.29 is 14.5 Å². The maximum absolute atomic E-state index is 11.6. The smallest absolute Gasteiger partial charge is 0.308 e. The molecule has 0 fully saturated rings. The lowest BCUT2D eigenvalue weighted by Crippen LogP contribution is -2.29. The summed E-state index contributed by atoms with van der Waals surface area (Å²) >= 11 is 12.1. The van der Waals surface area contributed by atoms with Crippen molar-refractivity contribution in [1.29, 1.82) is 5.26 Å². The van der Waals surface area contributed by atoms with Crippen molar-refractivity contribution in [2.45, 2.75) is 20.3 Å². The highest BCUT2D eigenvalue weighted by Gasteiger charge is 2.15. The van der Waals surface area contributed by atoms with E-state index in [1.807, 2.05) is 4.90 Å². The van der Waals surface area contributed by atoms with Gasteiger partial charge in [-0.15, -0.1) is 5.11 Å². The van der Waals surface area contributed by atoms with Crippen LogP contribution in [0.4, 0.5) is 22.7 Å². The maximum atomic E-state index is 11.6. The molecule has 0 heterocycles. The van der Waals surface area contributed by atoms with E-state index in [4.69, 9.17) is 33.2 Å². The largest absolute Gasteiger partial charge is 0.464 e. The van der Waals surface area contributed by atoms with E-state index in [1.165, 1.54) is 0 Å². The number of benzene rings is 2. The van der Waals surface area contributed by atoms with Crippen molar-refractivity contribution in [2.75, 3.05) is 24.6 Å². The van der Waals surface area contributed by atoms with E-state index >= 15 is 0 Å². The van der Waals surface area contributed by atoms with Crippen LogP contribution >= 0.6 is 23.2 Å². The summed E-state index contributed by atoms with van der Waals surface area (Å²) < 4.78 is 5.23. The molecular formula is C21H21Cl2N5O4. The molecule has 0 unspecified atom stereocenters. The first-order valence-corrected chi connectivity index (χ1v) is 10.4. The molecule has 0 radical (unpaired) electrons. The summed E-state index contributed by atoms with van der Waals surface area (Å²) in [6.07, 6.45) is 0.316. The van der Waals surface area contributed by atoms with Gasteiger partial charge in [-0.2, -0.15) is 10.4 Å². The monoisotopic (exact) mass is 477 g/mol. The number of nitriles is 1. The second kappa shape index (κ2) is 12.0. The fourth-order valence-corrected chi connectivity index (χ4v) is 3.12. The van der Waals surface area contributed by atoms with Crippen LogP contribution in [0.2, 0.25) is 10.0 Å². The van der Waals surface area contributed by atoms with Gasteiger partial charge in [-0.1, -0.05) is 37.0 Å². The van der Waals surface area contributed by atoms with Gasteiger partial charge in [0.05, 0.1) is 45.6 Å². The number of hydrogen-bond acceptors (Lipinski definition) is 8. The van der Waals surface area contributed by atoms with Gasteiger partial charge in [0, 0.05) is 24.4 Å². The molecule has 168 valence electrons. The Morgan fingerprint density at radius 1 is 1.19 bits per heavy atom. The van der Waals surface area contributed by atoms with Gasteiger partial charge in [0.15, 0.2) is 0 Å². The summed E-state index contributed by atoms with van der Waals surface area (Å²) in [5, 5.41) is 27.9. The normalized spacial score (nSPS) is 10.9. The summed E-state index contributed by atoms with van der Waals surface area (Å²) in [6, 6.07) is 11.4. The van der Waals surface area contributed by atoms with Gasteiger partial charge in [-0.25, -0.2) is 0 Å². The maximum Gasteiger partial charge on any atom is 0.308 e. The van der Waals surface area contributed by atoms with E-state index < -0.39 is 4.92 Å². The van der Waals surface area contributed by atoms with E-state index in [9.17, 15) is 14.9 Å². The van der Waals surface area contributed by atoms with Gasteiger partial charge in [-0.05, 0) is 24.3 Å². The van der Waals surface area contributed by atoms with Gasteiger partial charge >= 0.3 is 5.97 Å². The van der Waals surface area contributed by atoms with Crippen LogP contribution in [0.25, 0.3) is 0 Å². The Morgan fingerprint density at radius 2 is 1.81 bits per heavy atom. The number of ether oxygens (including phenoxy) is 1. The Morgan fingerprint density at radius 3 is 2.34 bits per heavy atom. The van der Waals surface area contributed by atoms with Crippen LogP contribution in [0.3, 0.4) is 0 Å². The van der Waals surface area contributed by atoms with Crippen molar-refractivity contribution >= 4 is 51.9 Å². The molecule has 2 aromatic rings. The third-order valence-corrected chi connectivity index (χ3v) is 4.84. The molecule has 0 aromatic heterocycles. The van der Waals surface area contributed by atoms with Crippen molar-refractivity contribution in [3.05, 3.63) is 56.6 Å². The summed E-state index contributed by atoms with van der Waals surface area (Å²) in [5.74, 6) is -0.477. The van der Waals surface area contributed by atoms with Gasteiger partial charge in [0.25, 0.3) is 5.69 Å². The number of halogens is 2. The first-order valence-electron chi connectivity index (χ1n) is 9.66. The molecular weight excluding hydrogens is 457 g/mol. The second-order valence-electron chi connectivity index (χ2n) is 6.95. The number of carbonyl (C=O) groups is 1. The first kappa shape index (κ1) is 25.0. The van der Waals surface area contributed by atoms with Crippen LogP contribution in [0.15, 0.2) is 46.6 Å². The van der Waals surface area contributed by atoms with Gasteiger partial charge in [-0.3, -0.25) is 14.9 Å². The molecule has 0 spiro atoms. The number of nitrogens with zero attached hydrogens (tertiary/aromatic N) is 5. The quantitative estimate of drug-likeness (QED) is 0.173. The van der Waals surface area contributed by atoms with E-state index in [-0.39, 0.29) is 39.9 Å². The number of rotatable bonds is 10. The number of non-ortho nitro benzene ring substituents is 1. The fraction of sp³-hybridized carbons (Fsp3) is 0.333. The predicted octanol–water partition coefficient (Wildman–Crippen LogP) is 6.24. The van der Waals surface area contributed by atoms with Crippen LogP contribution < -0.4 is 4.90 Å². The Labute approximate surface area is 195 Å². The highest BCUT2D eigenvalue weighted by molar-refractivity contribution is 6.39. The van der Waals surface area contributed by atoms with E-state index in [0.717, 1.165) is 17.8 Å². The van der Waals surface area contributed by atoms with Gasteiger partial charge in [0.1, 0.15) is 12.3 Å². The van der Waals surface area contributed by atoms with Crippen molar-refractivity contribution in [2.24, 2.45) is 16.1 Å². The van der Waals surface area contributed by atoms with Crippen LogP contribution in [-0.4, -0.2) is 30.6 Å². The fourth-order valence-electron chi connectivity index (χ4n) is 2.57. The van der Waals surface area contributed by atoms with Gasteiger partial charge in [0.2, 0.25) is 0 Å². The second-order valence-corrected chi connectivity index (χ2v) is 7.76. The minimum absolute atomic E-state index is 0.0168. The Bertz CT molecular complexity index is 1010. The Hall–Kier alpha value is -3.22. The van der Waals surface area contributed by atoms with E-state index in [1.54, 1.807) is 38.1 Å². The van der Waals surface area contributed by atoms with E-state index in [0.29, 0.717) is 25.2 Å². The van der Waals surface area contributed by atoms with Crippen LogP contribution in [0, 0.1) is 27.4 Å². The molecule has 9 nitrogen and oxygen atoms in total. The summed E-state index contributed by atoms with van der Waals surface area (Å²) in [4.78, 5) is 23.8. The highest BCUT2D eigenvalue weighted by Crippen LogP contribution is 2.37. The average Bonchev–Trinajstić information content (AvgIpc) is 2.75. The van der Waals surface area contributed by atoms with Gasteiger partial charge < -0.3 is 9.64 Å². The van der Waals surface area contributed by atoms with E-state index in [2.05, 4.69) is 16.3 Å². The number of hydrogen-bond donors (Lipinski definition) is 0. The number of carbonyl (C=O) groups excluding carboxylic acids is 1. The van der Waals surface area contributed by atoms with Crippen LogP contribution in [0.1, 0.15) is 20.3 Å². The number of nitro groups is 1. The molecule has 0 bridgehead atoms. The predicted molar refractivity (Wildman–Crippen MR) is 122 cm³/mol. The molecule has 0 aliphatic heterocycles. The molecule has 0 amide bonds. The highest BCUT2D eigenvalue weighted by atomic mass is 35.5. The Balaban J connectivity index is 2.12. The molecule has 32 heavy (non-hydrogen) atoms. The number of azo groups is 1. The molecule has 0 atom stereocenters. The zero-order chi connectivity index (χ0) is 23.7. The third kappa shape index (κ3) is 7.18. The minimum atomic E-state index is -0.598. The van der Waals surface area contributed by atoms with Crippen molar-refractivity contribution in [3.8, 4) is 6.07 Å². The molecule has 0 aliphatic carbocycles. The standard InChI is InChI=1S/C21H21Cl2N5O4/c1-14(2)21(29)32-11-10-27(9-3-8-24)16-6-4-15(5-7-16)25-26-20-18(22)12-17(28(30)31)13-19(20)23/h4-7,12-14H,3,9-11H2,1-2H3. The zero-order valence-electron chi connectivity index (χ0n) is 17.5. The molecule has 0 N–H and O–H groups in total.